The van der Waals surface area contributed by atoms with Gasteiger partial charge in [0.05, 0.1) is 41.4 Å². The van der Waals surface area contributed by atoms with E-state index in [2.05, 4.69) is 43.7 Å². The Kier molecular flexibility index (Phi) is 9.89. The van der Waals surface area contributed by atoms with Gasteiger partial charge >= 0.3 is 16.4 Å². The van der Waals surface area contributed by atoms with Crippen LogP contribution >= 0.6 is 0 Å². The number of aromatic nitrogens is 5. The fraction of sp³-hybridized carbons (Fsp3) is 0.531. The number of imidazole rings is 2. The number of alkyl halides is 3. The Hall–Kier alpha value is -3.31. The molecule has 0 spiro atoms. The zero-order chi connectivity index (χ0) is 35.2. The molecule has 5 rings (SSSR count). The number of morpholine rings is 1. The molecule has 4 heterocycles. The topological polar surface area (TPSA) is 107 Å². The summed E-state index contributed by atoms with van der Waals surface area (Å²) in [5, 5.41) is 4.98. The van der Waals surface area contributed by atoms with E-state index in [0.717, 1.165) is 14.3 Å². The molecule has 0 saturated carbocycles. The molecule has 1 aromatic carbocycles. The smallest absolute Gasteiger partial charge is 0.416 e. The van der Waals surface area contributed by atoms with Gasteiger partial charge in [0.1, 0.15) is 6.33 Å². The lowest BCUT2D eigenvalue weighted by Gasteiger charge is -2.36. The standard InChI is InChI=1S/C32H44F3N7O4SSi/c1-22-23(10-9-11-25(22)32(33,34)35)18-28-26(12-15-46-48(7,8)31(2,3)4)37-30-24(27-20-41(21-36-27)47(43,44)39(5)6)19-29(38-42(28)30)40-13-16-45-17-14-40/h9-11,19-21H,12-18H2,1-8H3. The molecule has 0 radical (unpaired) electrons. The van der Waals surface area contributed by atoms with E-state index in [-0.39, 0.29) is 17.0 Å². The average Bonchev–Trinajstić information content (AvgIpc) is 3.63. The van der Waals surface area contributed by atoms with Gasteiger partial charge in [-0.2, -0.15) is 25.9 Å². The molecule has 3 aromatic heterocycles. The first kappa shape index (κ1) is 36.0. The van der Waals surface area contributed by atoms with Crippen LogP contribution < -0.4 is 4.90 Å². The Bertz CT molecular complexity index is 1890. The lowest BCUT2D eigenvalue weighted by molar-refractivity contribution is -0.138. The maximum Gasteiger partial charge on any atom is 0.416 e. The highest BCUT2D eigenvalue weighted by Gasteiger charge is 2.37. The van der Waals surface area contributed by atoms with E-state index >= 15 is 0 Å². The number of nitrogens with zero attached hydrogens (tertiary/aromatic N) is 7. The lowest BCUT2D eigenvalue weighted by Crippen LogP contribution is -2.41. The van der Waals surface area contributed by atoms with E-state index < -0.39 is 30.3 Å². The van der Waals surface area contributed by atoms with Gasteiger partial charge < -0.3 is 14.1 Å². The number of rotatable bonds is 10. The molecule has 1 fully saturated rings. The fourth-order valence-corrected chi connectivity index (χ4v) is 7.17. The van der Waals surface area contributed by atoms with Gasteiger partial charge in [0, 0.05) is 52.8 Å². The number of ether oxygens (including phenoxy) is 1. The van der Waals surface area contributed by atoms with Crippen LogP contribution in [0, 0.1) is 6.92 Å². The first-order valence-electron chi connectivity index (χ1n) is 15.8. The Balaban J connectivity index is 1.70. The van der Waals surface area contributed by atoms with Gasteiger partial charge in [-0.25, -0.2) is 18.5 Å². The molecule has 1 aliphatic heterocycles. The summed E-state index contributed by atoms with van der Waals surface area (Å²) in [5.74, 6) is 0.592. The molecule has 0 aliphatic carbocycles. The van der Waals surface area contributed by atoms with Crippen LogP contribution in [0.15, 0.2) is 36.8 Å². The fourth-order valence-electron chi connectivity index (χ4n) is 5.35. The van der Waals surface area contributed by atoms with Crippen LogP contribution in [0.4, 0.5) is 19.0 Å². The number of hydrogen-bond donors (Lipinski definition) is 0. The van der Waals surface area contributed by atoms with Crippen molar-refractivity contribution >= 4 is 30.0 Å². The summed E-state index contributed by atoms with van der Waals surface area (Å²) in [6.07, 6.45) is -1.30. The minimum atomic E-state index is -4.50. The first-order chi connectivity index (χ1) is 22.3. The third-order valence-electron chi connectivity index (χ3n) is 9.36. The minimum absolute atomic E-state index is 0.0165. The van der Waals surface area contributed by atoms with Crippen LogP contribution in [0.5, 0.6) is 0 Å². The van der Waals surface area contributed by atoms with Crippen molar-refractivity contribution in [3.05, 3.63) is 64.9 Å². The quantitative estimate of drug-likeness (QED) is 0.197. The van der Waals surface area contributed by atoms with Crippen LogP contribution in [0.25, 0.3) is 16.9 Å². The van der Waals surface area contributed by atoms with Crippen molar-refractivity contribution in [1.29, 1.82) is 0 Å². The molecule has 0 atom stereocenters. The predicted molar refractivity (Wildman–Crippen MR) is 181 cm³/mol. The van der Waals surface area contributed by atoms with E-state index in [0.29, 0.717) is 79.0 Å². The largest absolute Gasteiger partial charge is 0.416 e. The second-order valence-corrected chi connectivity index (χ2v) is 20.6. The Labute approximate surface area is 281 Å². The van der Waals surface area contributed by atoms with Crippen LogP contribution in [0.2, 0.25) is 18.1 Å². The highest BCUT2D eigenvalue weighted by molar-refractivity contribution is 7.87. The predicted octanol–water partition coefficient (Wildman–Crippen LogP) is 5.57. The summed E-state index contributed by atoms with van der Waals surface area (Å²) < 4.78 is 83.5. The molecular weight excluding hydrogens is 664 g/mol. The number of anilines is 1. The number of halogens is 3. The number of benzene rings is 1. The zero-order valence-electron chi connectivity index (χ0n) is 28.7. The summed E-state index contributed by atoms with van der Waals surface area (Å²) in [4.78, 5) is 11.5. The molecule has 262 valence electrons. The van der Waals surface area contributed by atoms with Crippen molar-refractivity contribution in [1.82, 2.24) is 27.9 Å². The average molecular weight is 708 g/mol. The molecule has 1 saturated heterocycles. The van der Waals surface area contributed by atoms with Crippen molar-refractivity contribution in [2.24, 2.45) is 0 Å². The first-order valence-corrected chi connectivity index (χ1v) is 20.1. The monoisotopic (exact) mass is 707 g/mol. The van der Waals surface area contributed by atoms with Crippen LogP contribution in [-0.2, 0) is 38.4 Å². The normalized spacial score (nSPS) is 15.2. The molecule has 4 aromatic rings. The van der Waals surface area contributed by atoms with Crippen molar-refractivity contribution in [2.75, 3.05) is 51.9 Å². The van der Waals surface area contributed by atoms with Crippen molar-refractivity contribution in [3.63, 3.8) is 0 Å². The molecular formula is C32H44F3N7O4SSi. The second kappa shape index (κ2) is 13.2. The third kappa shape index (κ3) is 7.17. The van der Waals surface area contributed by atoms with Crippen molar-refractivity contribution < 1.29 is 30.8 Å². The molecule has 0 unspecified atom stereocenters. The van der Waals surface area contributed by atoms with Gasteiger partial charge in [0.15, 0.2) is 19.8 Å². The van der Waals surface area contributed by atoms with Gasteiger partial charge in [-0.05, 0) is 48.3 Å². The van der Waals surface area contributed by atoms with Crippen LogP contribution in [0.1, 0.15) is 48.8 Å². The van der Waals surface area contributed by atoms with Crippen molar-refractivity contribution in [2.45, 2.75) is 64.8 Å². The SMILES string of the molecule is Cc1c(Cc2c(CCO[Si](C)(C)C(C)(C)C)nc3c(-c4cn(S(=O)(=O)N(C)C)cn4)cc(N4CCOCC4)nn23)cccc1C(F)(F)F. The molecule has 0 N–H and O–H groups in total. The summed E-state index contributed by atoms with van der Waals surface area (Å²) >= 11 is 0. The Morgan fingerprint density at radius 3 is 2.42 bits per heavy atom. The van der Waals surface area contributed by atoms with Gasteiger partial charge in [-0.15, -0.1) is 5.10 Å². The summed E-state index contributed by atoms with van der Waals surface area (Å²) in [7, 11) is -3.08. The molecule has 1 aliphatic rings. The molecule has 16 heteroatoms. The Morgan fingerprint density at radius 1 is 1.10 bits per heavy atom. The third-order valence-corrected chi connectivity index (χ3v) is 15.6. The molecule has 0 amide bonds. The number of fused-ring (bicyclic) bond motifs is 1. The van der Waals surface area contributed by atoms with E-state index in [1.54, 1.807) is 10.6 Å². The maximum atomic E-state index is 13.9. The van der Waals surface area contributed by atoms with Gasteiger partial charge in [0.2, 0.25) is 0 Å². The summed E-state index contributed by atoms with van der Waals surface area (Å²) in [6.45, 7) is 14.8. The zero-order valence-corrected chi connectivity index (χ0v) is 30.5. The highest BCUT2D eigenvalue weighted by atomic mass is 32.2. The summed E-state index contributed by atoms with van der Waals surface area (Å²) in [6, 6.07) is 6.04. The van der Waals surface area contributed by atoms with Gasteiger partial charge in [0.25, 0.3) is 0 Å². The van der Waals surface area contributed by atoms with E-state index in [1.165, 1.54) is 39.6 Å². The van der Waals surface area contributed by atoms with Gasteiger partial charge in [-0.3, -0.25) is 0 Å². The van der Waals surface area contributed by atoms with E-state index in [4.69, 9.17) is 19.2 Å². The second-order valence-electron chi connectivity index (χ2n) is 13.8. The van der Waals surface area contributed by atoms with E-state index in [9.17, 15) is 21.6 Å². The number of hydrogen-bond acceptors (Lipinski definition) is 8. The van der Waals surface area contributed by atoms with E-state index in [1.807, 2.05) is 6.07 Å². The molecule has 11 nitrogen and oxygen atoms in total. The van der Waals surface area contributed by atoms with Crippen LogP contribution in [0.3, 0.4) is 0 Å². The lowest BCUT2D eigenvalue weighted by atomic mass is 9.97. The van der Waals surface area contributed by atoms with Crippen LogP contribution in [-0.4, -0.2) is 91.6 Å². The maximum absolute atomic E-state index is 13.9. The minimum Gasteiger partial charge on any atom is -0.416 e. The highest BCUT2D eigenvalue weighted by Crippen LogP contribution is 2.37. The summed E-state index contributed by atoms with van der Waals surface area (Å²) in [5.41, 5.74) is 2.53. The van der Waals surface area contributed by atoms with Crippen molar-refractivity contribution in [3.8, 4) is 11.3 Å². The Morgan fingerprint density at radius 2 is 1.79 bits per heavy atom. The van der Waals surface area contributed by atoms with Gasteiger partial charge in [-0.1, -0.05) is 32.9 Å². The molecule has 0 bridgehead atoms. The molecule has 48 heavy (non-hydrogen) atoms.